The first-order chi connectivity index (χ1) is 21.0. The summed E-state index contributed by atoms with van der Waals surface area (Å²) in [6.07, 6.45) is 13.3. The highest BCUT2D eigenvalue weighted by molar-refractivity contribution is 7.89. The van der Waals surface area contributed by atoms with Gasteiger partial charge >= 0.3 is 5.97 Å². The Labute approximate surface area is 273 Å². The quantitative estimate of drug-likeness (QED) is 0.316. The number of carbonyl (C=O) groups is 1. The van der Waals surface area contributed by atoms with Gasteiger partial charge in [0, 0.05) is 12.1 Å². The minimum atomic E-state index is -3.75. The van der Waals surface area contributed by atoms with Crippen LogP contribution < -0.4 is 0 Å². The largest absolute Gasteiger partial charge is 0.481 e. The van der Waals surface area contributed by atoms with Crippen molar-refractivity contribution in [3.63, 3.8) is 0 Å². The van der Waals surface area contributed by atoms with E-state index in [1.165, 1.54) is 56.9 Å². The van der Waals surface area contributed by atoms with Crippen LogP contribution in [0.1, 0.15) is 125 Å². The second kappa shape index (κ2) is 10.9. The van der Waals surface area contributed by atoms with Crippen molar-refractivity contribution in [3.05, 3.63) is 42.0 Å². The Hall–Kier alpha value is -1.66. The van der Waals surface area contributed by atoms with Gasteiger partial charge in [0.2, 0.25) is 10.0 Å². The predicted molar refractivity (Wildman–Crippen MR) is 181 cm³/mol. The van der Waals surface area contributed by atoms with Crippen molar-refractivity contribution >= 4 is 16.0 Å². The SMILES string of the molecule is C=C(C)[C@@H]1CC[C@]2(CC)CC[C@]3(C)[C@H](CC[C@@H]4[C@@]5(C)CCCN(S(=O)(=O)c6ccc(CC(=O)O)cc6)C(C)(C)C5CC[C@]43C)[C@@H]12. The van der Waals surface area contributed by atoms with E-state index in [1.807, 2.05) is 4.31 Å². The van der Waals surface area contributed by atoms with Crippen LogP contribution in [0.15, 0.2) is 41.3 Å². The number of hydrogen-bond acceptors (Lipinski definition) is 3. The standard InChI is InChI=1S/C39H59NO4S/c1-9-39-21-17-29(26(2)3)34(39)30-15-16-32-36(6)19-10-24-40(45(43,44)28-13-11-27(12-14-28)25-33(41)42)35(4,5)31(36)18-20-38(32,8)37(30,7)22-23-39/h11-14,29-32,34H,2,9-10,15-25H2,1,3-8H3,(H,41,42)/t29-,30+,31?,32+,34+,36-,37+,38+,39+/m0/s1. The fourth-order valence-electron chi connectivity index (χ4n) is 13.3. The molecular formula is C39H59NO4S. The van der Waals surface area contributed by atoms with Gasteiger partial charge in [-0.2, -0.15) is 4.31 Å². The van der Waals surface area contributed by atoms with Gasteiger partial charge in [0.25, 0.3) is 0 Å². The third-order valence-electron chi connectivity index (χ3n) is 15.6. The van der Waals surface area contributed by atoms with E-state index >= 15 is 0 Å². The fraction of sp³-hybridized carbons (Fsp3) is 0.769. The van der Waals surface area contributed by atoms with Crippen LogP contribution in [-0.2, 0) is 21.2 Å². The number of benzene rings is 1. The van der Waals surface area contributed by atoms with E-state index in [0.717, 1.165) is 31.1 Å². The zero-order valence-electron chi connectivity index (χ0n) is 29.1. The summed E-state index contributed by atoms with van der Waals surface area (Å²) >= 11 is 0. The second-order valence-corrected chi connectivity index (χ2v) is 19.3. The Bertz CT molecular complexity index is 1450. The van der Waals surface area contributed by atoms with Gasteiger partial charge in [0.15, 0.2) is 0 Å². The minimum absolute atomic E-state index is 0.0722. The molecule has 1 unspecified atom stereocenters. The van der Waals surface area contributed by atoms with Crippen LogP contribution in [0.5, 0.6) is 0 Å². The molecule has 1 saturated heterocycles. The van der Waals surface area contributed by atoms with Crippen molar-refractivity contribution in [2.24, 2.45) is 51.2 Å². The molecule has 1 N–H and O–H groups in total. The molecular weight excluding hydrogens is 578 g/mol. The maximum absolute atomic E-state index is 14.3. The summed E-state index contributed by atoms with van der Waals surface area (Å²) in [5, 5.41) is 9.18. The number of nitrogens with zero attached hydrogens (tertiary/aromatic N) is 1. The number of fused-ring (bicyclic) bond motifs is 7. The summed E-state index contributed by atoms with van der Waals surface area (Å²) in [5.74, 6) is 2.12. The summed E-state index contributed by atoms with van der Waals surface area (Å²) in [6, 6.07) is 6.52. The molecule has 5 aliphatic rings. The molecule has 9 atom stereocenters. The molecule has 5 fully saturated rings. The van der Waals surface area contributed by atoms with Crippen LogP contribution in [-0.4, -0.2) is 35.9 Å². The van der Waals surface area contributed by atoms with Crippen molar-refractivity contribution in [1.82, 2.24) is 4.31 Å². The number of sulfonamides is 1. The third kappa shape index (κ3) is 4.68. The Morgan fingerprint density at radius 3 is 2.22 bits per heavy atom. The molecule has 1 heterocycles. The molecule has 0 bridgehead atoms. The highest BCUT2D eigenvalue weighted by Gasteiger charge is 2.70. The summed E-state index contributed by atoms with van der Waals surface area (Å²) in [7, 11) is -3.75. The van der Waals surface area contributed by atoms with Gasteiger partial charge in [0.05, 0.1) is 11.3 Å². The molecule has 45 heavy (non-hydrogen) atoms. The van der Waals surface area contributed by atoms with Crippen LogP contribution in [0, 0.1) is 51.2 Å². The molecule has 6 heteroatoms. The van der Waals surface area contributed by atoms with E-state index < -0.39 is 21.5 Å². The van der Waals surface area contributed by atoms with Crippen LogP contribution in [0.25, 0.3) is 0 Å². The number of rotatable bonds is 6. The van der Waals surface area contributed by atoms with Gasteiger partial charge in [-0.3, -0.25) is 4.79 Å². The molecule has 250 valence electrons. The predicted octanol–water partition coefficient (Wildman–Crippen LogP) is 9.12. The lowest BCUT2D eigenvalue weighted by molar-refractivity contribution is -0.225. The van der Waals surface area contributed by atoms with Gasteiger partial charge < -0.3 is 5.11 Å². The maximum Gasteiger partial charge on any atom is 0.307 e. The molecule has 4 aliphatic carbocycles. The summed E-state index contributed by atoms with van der Waals surface area (Å²) < 4.78 is 30.4. The first kappa shape index (κ1) is 33.2. The number of carboxylic acids is 1. The molecule has 0 aromatic heterocycles. The first-order valence-electron chi connectivity index (χ1n) is 18.0. The van der Waals surface area contributed by atoms with Crippen LogP contribution in [0.3, 0.4) is 0 Å². The lowest BCUT2D eigenvalue weighted by atomic mass is 9.33. The zero-order valence-corrected chi connectivity index (χ0v) is 29.9. The molecule has 5 nitrogen and oxygen atoms in total. The van der Waals surface area contributed by atoms with Crippen molar-refractivity contribution in [1.29, 1.82) is 0 Å². The normalized spacial score (nSPS) is 42.9. The molecule has 1 aromatic carbocycles. The van der Waals surface area contributed by atoms with Gasteiger partial charge in [-0.15, -0.1) is 0 Å². The topological polar surface area (TPSA) is 74.7 Å². The van der Waals surface area contributed by atoms with Gasteiger partial charge in [-0.05, 0) is 154 Å². The molecule has 6 rings (SSSR count). The molecule has 0 radical (unpaired) electrons. The van der Waals surface area contributed by atoms with Crippen LogP contribution in [0.4, 0.5) is 0 Å². The lowest BCUT2D eigenvalue weighted by Crippen LogP contribution is -2.66. The van der Waals surface area contributed by atoms with Crippen molar-refractivity contribution in [2.75, 3.05) is 6.54 Å². The van der Waals surface area contributed by atoms with Crippen molar-refractivity contribution in [2.45, 2.75) is 136 Å². The number of hydrogen-bond donors (Lipinski definition) is 1. The second-order valence-electron chi connectivity index (χ2n) is 17.5. The Morgan fingerprint density at radius 2 is 1.60 bits per heavy atom. The average Bonchev–Trinajstić information content (AvgIpc) is 3.31. The minimum Gasteiger partial charge on any atom is -0.481 e. The highest BCUT2D eigenvalue weighted by Crippen LogP contribution is 2.77. The van der Waals surface area contributed by atoms with E-state index in [2.05, 4.69) is 55.0 Å². The molecule has 0 spiro atoms. The Balaban J connectivity index is 1.33. The number of aliphatic carboxylic acids is 1. The smallest absolute Gasteiger partial charge is 0.307 e. The third-order valence-corrected chi connectivity index (χ3v) is 17.7. The molecule has 1 aliphatic heterocycles. The van der Waals surface area contributed by atoms with E-state index in [-0.39, 0.29) is 28.1 Å². The lowest BCUT2D eigenvalue weighted by Gasteiger charge is -2.71. The van der Waals surface area contributed by atoms with Gasteiger partial charge in [0.1, 0.15) is 0 Å². The maximum atomic E-state index is 14.3. The average molecular weight is 638 g/mol. The van der Waals surface area contributed by atoms with Crippen molar-refractivity contribution in [3.8, 4) is 0 Å². The van der Waals surface area contributed by atoms with Gasteiger partial charge in [-0.25, -0.2) is 8.42 Å². The zero-order chi connectivity index (χ0) is 32.8. The van der Waals surface area contributed by atoms with Crippen LogP contribution in [0.2, 0.25) is 0 Å². The van der Waals surface area contributed by atoms with E-state index in [4.69, 9.17) is 0 Å². The monoisotopic (exact) mass is 637 g/mol. The van der Waals surface area contributed by atoms with Gasteiger partial charge in [-0.1, -0.05) is 58.4 Å². The Morgan fingerprint density at radius 1 is 0.911 bits per heavy atom. The summed E-state index contributed by atoms with van der Waals surface area (Å²) in [5.41, 5.74) is 2.60. The summed E-state index contributed by atoms with van der Waals surface area (Å²) in [6.45, 7) is 22.1. The molecule has 1 aromatic rings. The van der Waals surface area contributed by atoms with E-state index in [1.54, 1.807) is 24.3 Å². The molecule has 0 amide bonds. The van der Waals surface area contributed by atoms with E-state index in [0.29, 0.717) is 34.8 Å². The number of carboxylic acid groups (broad SMARTS) is 1. The van der Waals surface area contributed by atoms with Crippen LogP contribution >= 0.6 is 0 Å². The Kier molecular flexibility index (Phi) is 8.08. The summed E-state index contributed by atoms with van der Waals surface area (Å²) in [4.78, 5) is 11.5. The fourth-order valence-corrected chi connectivity index (χ4v) is 15.2. The highest BCUT2D eigenvalue weighted by atomic mass is 32.2. The number of allylic oxidation sites excluding steroid dienone is 1. The first-order valence-corrected chi connectivity index (χ1v) is 19.4. The molecule has 4 saturated carbocycles. The van der Waals surface area contributed by atoms with Crippen molar-refractivity contribution < 1.29 is 18.3 Å². The van der Waals surface area contributed by atoms with E-state index in [9.17, 15) is 18.3 Å².